The van der Waals surface area contributed by atoms with Gasteiger partial charge in [0.25, 0.3) is 0 Å². The number of sulfonamides is 1. The molecule has 2 amide bonds. The van der Waals surface area contributed by atoms with Crippen LogP contribution in [0.25, 0.3) is 0 Å². The summed E-state index contributed by atoms with van der Waals surface area (Å²) in [6.45, 7) is 11.9. The van der Waals surface area contributed by atoms with Crippen LogP contribution in [-0.2, 0) is 19.6 Å². The number of piperidine rings is 1. The summed E-state index contributed by atoms with van der Waals surface area (Å²) >= 11 is 0. The minimum Gasteiger partial charge on any atom is -0.349 e. The number of carbonyl (C=O) groups excluding carboxylic acids is 2. The molecule has 4 rings (SSSR count). The third-order valence-electron chi connectivity index (χ3n) is 7.32. The fraction of sp³-hybridized carbons (Fsp3) is 0.429. The first kappa shape index (κ1) is 26.1. The van der Waals surface area contributed by atoms with Crippen molar-refractivity contribution in [2.45, 2.75) is 51.0 Å². The number of hydrogen-bond acceptors (Lipinski definition) is 4. The van der Waals surface area contributed by atoms with E-state index in [1.165, 1.54) is 22.5 Å². The van der Waals surface area contributed by atoms with E-state index in [1.54, 1.807) is 12.1 Å². The molecule has 0 spiro atoms. The third kappa shape index (κ3) is 5.25. The first-order valence-corrected chi connectivity index (χ1v) is 13.7. The van der Waals surface area contributed by atoms with Crippen LogP contribution in [0.15, 0.2) is 72.1 Å². The van der Waals surface area contributed by atoms with Crippen molar-refractivity contribution < 1.29 is 18.0 Å². The van der Waals surface area contributed by atoms with Crippen LogP contribution < -0.4 is 10.6 Å². The molecular formula is C28H35N3O4S. The fourth-order valence-electron chi connectivity index (χ4n) is 5.61. The zero-order valence-corrected chi connectivity index (χ0v) is 22.1. The molecule has 36 heavy (non-hydrogen) atoms. The summed E-state index contributed by atoms with van der Waals surface area (Å²) in [6, 6.07) is 16.1. The standard InChI is InChI=1S/C28H35N3O4S/c1-6-24(32)30-26-27(2,3)17-31(18-28(26,4)5)36(34,35)21-14-12-20(13-15-21)29-25(33)23-16-22(23)19-10-8-7-9-11-19/h6-15,22-23,26H,1,16-18H2,2-5H3,(H,29,33)(H,30,32). The second-order valence-electron chi connectivity index (χ2n) is 11.3. The summed E-state index contributed by atoms with van der Waals surface area (Å²) in [5.74, 6) is -0.150. The molecule has 1 aliphatic heterocycles. The van der Waals surface area contributed by atoms with E-state index in [4.69, 9.17) is 0 Å². The molecule has 2 aromatic rings. The summed E-state index contributed by atoms with van der Waals surface area (Å²) < 4.78 is 28.6. The van der Waals surface area contributed by atoms with Gasteiger partial charge < -0.3 is 10.6 Å². The van der Waals surface area contributed by atoms with E-state index in [0.29, 0.717) is 5.69 Å². The van der Waals surface area contributed by atoms with E-state index in [-0.39, 0.29) is 47.7 Å². The lowest BCUT2D eigenvalue weighted by molar-refractivity contribution is -0.120. The van der Waals surface area contributed by atoms with E-state index in [9.17, 15) is 18.0 Å². The highest BCUT2D eigenvalue weighted by atomic mass is 32.2. The molecule has 2 N–H and O–H groups in total. The van der Waals surface area contributed by atoms with Gasteiger partial charge in [-0.2, -0.15) is 4.31 Å². The molecule has 192 valence electrons. The first-order chi connectivity index (χ1) is 16.8. The van der Waals surface area contributed by atoms with Crippen molar-refractivity contribution >= 4 is 27.5 Å². The molecule has 2 atom stereocenters. The van der Waals surface area contributed by atoms with Gasteiger partial charge in [0.15, 0.2) is 0 Å². The number of carbonyl (C=O) groups is 2. The van der Waals surface area contributed by atoms with E-state index >= 15 is 0 Å². The molecule has 1 saturated heterocycles. The second-order valence-corrected chi connectivity index (χ2v) is 13.2. The summed E-state index contributed by atoms with van der Waals surface area (Å²) in [7, 11) is -3.77. The highest BCUT2D eigenvalue weighted by Crippen LogP contribution is 2.48. The lowest BCUT2D eigenvalue weighted by Gasteiger charge is -2.52. The third-order valence-corrected chi connectivity index (χ3v) is 9.12. The van der Waals surface area contributed by atoms with Crippen LogP contribution in [0, 0.1) is 16.7 Å². The minimum atomic E-state index is -3.77. The molecule has 1 heterocycles. The highest BCUT2D eigenvalue weighted by Gasteiger charge is 2.50. The maximum atomic E-state index is 13.5. The van der Waals surface area contributed by atoms with Gasteiger partial charge in [0.05, 0.1) is 4.90 Å². The normalized spacial score (nSPS) is 23.4. The van der Waals surface area contributed by atoms with Crippen molar-refractivity contribution in [2.75, 3.05) is 18.4 Å². The largest absolute Gasteiger partial charge is 0.349 e. The monoisotopic (exact) mass is 509 g/mol. The van der Waals surface area contributed by atoms with Gasteiger partial charge in [-0.05, 0) is 59.1 Å². The van der Waals surface area contributed by atoms with Gasteiger partial charge in [-0.15, -0.1) is 0 Å². The first-order valence-electron chi connectivity index (χ1n) is 12.2. The minimum absolute atomic E-state index is 0.0494. The Kier molecular flexibility index (Phi) is 6.88. The predicted octanol–water partition coefficient (Wildman–Crippen LogP) is 4.16. The van der Waals surface area contributed by atoms with E-state index < -0.39 is 20.9 Å². The quantitative estimate of drug-likeness (QED) is 0.548. The molecule has 0 bridgehead atoms. The van der Waals surface area contributed by atoms with Crippen molar-refractivity contribution in [2.24, 2.45) is 16.7 Å². The van der Waals surface area contributed by atoms with E-state index in [1.807, 2.05) is 58.0 Å². The van der Waals surface area contributed by atoms with Crippen LogP contribution in [0.5, 0.6) is 0 Å². The molecule has 0 aromatic heterocycles. The van der Waals surface area contributed by atoms with Crippen LogP contribution in [0.1, 0.15) is 45.6 Å². The average molecular weight is 510 g/mol. The molecule has 1 saturated carbocycles. The smallest absolute Gasteiger partial charge is 0.243 e. The molecule has 2 aliphatic rings. The van der Waals surface area contributed by atoms with Gasteiger partial charge in [-0.1, -0.05) is 64.6 Å². The Morgan fingerprint density at radius 1 is 0.972 bits per heavy atom. The summed E-state index contributed by atoms with van der Waals surface area (Å²) in [6.07, 6.45) is 2.05. The zero-order valence-electron chi connectivity index (χ0n) is 21.3. The Labute approximate surface area is 214 Å². The maximum absolute atomic E-state index is 13.5. The number of amides is 2. The van der Waals surface area contributed by atoms with E-state index in [2.05, 4.69) is 17.2 Å². The second kappa shape index (κ2) is 9.48. The zero-order chi connectivity index (χ0) is 26.3. The van der Waals surface area contributed by atoms with Crippen molar-refractivity contribution in [1.82, 2.24) is 9.62 Å². The number of benzene rings is 2. The molecule has 7 nitrogen and oxygen atoms in total. The molecule has 1 aliphatic carbocycles. The molecular weight excluding hydrogens is 474 g/mol. The lowest BCUT2D eigenvalue weighted by atomic mass is 9.67. The van der Waals surface area contributed by atoms with Crippen LogP contribution in [-0.4, -0.2) is 43.7 Å². The summed E-state index contributed by atoms with van der Waals surface area (Å²) in [5, 5.41) is 5.92. The average Bonchev–Trinajstić information content (AvgIpc) is 3.63. The molecule has 0 radical (unpaired) electrons. The fourth-order valence-corrected chi connectivity index (χ4v) is 7.40. The number of nitrogens with one attached hydrogen (secondary N) is 2. The van der Waals surface area contributed by atoms with Crippen LogP contribution in [0.3, 0.4) is 0 Å². The van der Waals surface area contributed by atoms with Gasteiger partial charge in [-0.25, -0.2) is 8.42 Å². The Bertz CT molecular complexity index is 1240. The lowest BCUT2D eigenvalue weighted by Crippen LogP contribution is -2.64. The Morgan fingerprint density at radius 3 is 2.11 bits per heavy atom. The number of anilines is 1. The van der Waals surface area contributed by atoms with Crippen molar-refractivity contribution in [3.63, 3.8) is 0 Å². The van der Waals surface area contributed by atoms with Gasteiger partial charge >= 0.3 is 0 Å². The highest BCUT2D eigenvalue weighted by molar-refractivity contribution is 7.89. The molecule has 2 fully saturated rings. The van der Waals surface area contributed by atoms with Crippen molar-refractivity contribution in [3.05, 3.63) is 72.8 Å². The van der Waals surface area contributed by atoms with Crippen LogP contribution >= 0.6 is 0 Å². The van der Waals surface area contributed by atoms with Crippen molar-refractivity contribution in [3.8, 4) is 0 Å². The van der Waals surface area contributed by atoms with E-state index in [0.717, 1.165) is 12.0 Å². The van der Waals surface area contributed by atoms with Crippen LogP contribution in [0.2, 0.25) is 0 Å². The Morgan fingerprint density at radius 2 is 1.56 bits per heavy atom. The van der Waals surface area contributed by atoms with Crippen molar-refractivity contribution in [1.29, 1.82) is 0 Å². The number of rotatable bonds is 7. The topological polar surface area (TPSA) is 95.6 Å². The van der Waals surface area contributed by atoms with Gasteiger partial charge in [0.1, 0.15) is 0 Å². The van der Waals surface area contributed by atoms with Gasteiger partial charge in [0.2, 0.25) is 21.8 Å². The maximum Gasteiger partial charge on any atom is 0.243 e. The number of hydrogen-bond donors (Lipinski definition) is 2. The Balaban J connectivity index is 1.44. The SMILES string of the molecule is C=CC(=O)NC1C(C)(C)CN(S(=O)(=O)c2ccc(NC(=O)C3CC3c3ccccc3)cc2)CC1(C)C. The summed E-state index contributed by atoms with van der Waals surface area (Å²) in [5.41, 5.74) is 0.740. The van der Waals surface area contributed by atoms with Crippen LogP contribution in [0.4, 0.5) is 5.69 Å². The molecule has 2 unspecified atom stereocenters. The summed E-state index contributed by atoms with van der Waals surface area (Å²) in [4.78, 5) is 24.9. The Hall–Kier alpha value is -2.97. The number of nitrogens with zero attached hydrogens (tertiary/aromatic N) is 1. The van der Waals surface area contributed by atoms with Gasteiger partial charge in [0, 0.05) is 30.7 Å². The molecule has 2 aromatic carbocycles. The van der Waals surface area contributed by atoms with Gasteiger partial charge in [-0.3, -0.25) is 9.59 Å². The predicted molar refractivity (Wildman–Crippen MR) is 141 cm³/mol. The molecule has 8 heteroatoms.